The second kappa shape index (κ2) is 5.02. The molecule has 0 aromatic heterocycles. The van der Waals surface area contributed by atoms with Crippen molar-refractivity contribution in [2.24, 2.45) is 0 Å². The first kappa shape index (κ1) is 12.3. The van der Waals surface area contributed by atoms with Crippen molar-refractivity contribution in [1.82, 2.24) is 4.90 Å². The van der Waals surface area contributed by atoms with Crippen LogP contribution in [0.5, 0.6) is 5.75 Å². The van der Waals surface area contributed by atoms with E-state index >= 15 is 0 Å². The largest absolute Gasteiger partial charge is 0.489 e. The smallest absolute Gasteiger partial charge is 0.165 e. The van der Waals surface area contributed by atoms with Gasteiger partial charge in [-0.05, 0) is 25.5 Å². The highest BCUT2D eigenvalue weighted by atomic mass is 19.1. The van der Waals surface area contributed by atoms with Crippen molar-refractivity contribution in [2.45, 2.75) is 18.9 Å². The van der Waals surface area contributed by atoms with Gasteiger partial charge in [-0.2, -0.15) is 0 Å². The lowest BCUT2D eigenvalue weighted by molar-refractivity contribution is 0.0669. The molecule has 0 saturated carbocycles. The molecule has 1 atom stereocenters. The second-order valence-electron chi connectivity index (χ2n) is 4.80. The Kier molecular flexibility index (Phi) is 3.64. The number of benzene rings is 1. The number of aliphatic hydroxyl groups is 1. The van der Waals surface area contributed by atoms with Crippen LogP contribution in [0.25, 0.3) is 0 Å². The molecule has 1 heterocycles. The SMILES string of the molecule is CC1(O)CCN(CCOc2ccccc2F)C1. The number of ether oxygens (including phenoxy) is 1. The van der Waals surface area contributed by atoms with Crippen molar-refractivity contribution in [3.05, 3.63) is 30.1 Å². The lowest BCUT2D eigenvalue weighted by Gasteiger charge is -2.18. The zero-order valence-corrected chi connectivity index (χ0v) is 10.0. The van der Waals surface area contributed by atoms with Crippen LogP contribution in [-0.4, -0.2) is 41.8 Å². The molecule has 17 heavy (non-hydrogen) atoms. The summed E-state index contributed by atoms with van der Waals surface area (Å²) in [6.07, 6.45) is 0.784. The van der Waals surface area contributed by atoms with Crippen molar-refractivity contribution >= 4 is 0 Å². The van der Waals surface area contributed by atoms with E-state index in [2.05, 4.69) is 4.90 Å². The minimum absolute atomic E-state index is 0.290. The van der Waals surface area contributed by atoms with Gasteiger partial charge in [0.05, 0.1) is 5.60 Å². The fourth-order valence-electron chi connectivity index (χ4n) is 2.08. The number of likely N-dealkylation sites (tertiary alicyclic amines) is 1. The lowest BCUT2D eigenvalue weighted by atomic mass is 10.1. The van der Waals surface area contributed by atoms with E-state index in [1.54, 1.807) is 18.2 Å². The minimum atomic E-state index is -0.585. The first-order valence-electron chi connectivity index (χ1n) is 5.89. The van der Waals surface area contributed by atoms with Crippen LogP contribution in [0.15, 0.2) is 24.3 Å². The Labute approximate surface area is 101 Å². The van der Waals surface area contributed by atoms with Gasteiger partial charge in [-0.25, -0.2) is 4.39 Å². The van der Waals surface area contributed by atoms with Gasteiger partial charge >= 0.3 is 0 Å². The van der Waals surface area contributed by atoms with Gasteiger partial charge < -0.3 is 9.84 Å². The number of para-hydroxylation sites is 1. The molecule has 1 N–H and O–H groups in total. The fraction of sp³-hybridized carbons (Fsp3) is 0.538. The van der Waals surface area contributed by atoms with Gasteiger partial charge in [-0.3, -0.25) is 4.90 Å². The van der Waals surface area contributed by atoms with Gasteiger partial charge in [0.1, 0.15) is 6.61 Å². The molecule has 1 saturated heterocycles. The predicted octanol–water partition coefficient (Wildman–Crippen LogP) is 1.66. The Hall–Kier alpha value is -1.13. The molecule has 0 bridgehead atoms. The van der Waals surface area contributed by atoms with E-state index in [9.17, 15) is 9.50 Å². The number of rotatable bonds is 4. The molecule has 1 aromatic carbocycles. The third-order valence-electron chi connectivity index (χ3n) is 3.03. The van der Waals surface area contributed by atoms with E-state index in [-0.39, 0.29) is 5.82 Å². The van der Waals surface area contributed by atoms with E-state index in [1.165, 1.54) is 6.07 Å². The Morgan fingerprint density at radius 1 is 1.47 bits per heavy atom. The molecule has 0 spiro atoms. The zero-order valence-electron chi connectivity index (χ0n) is 10.0. The first-order valence-corrected chi connectivity index (χ1v) is 5.89. The first-order chi connectivity index (χ1) is 8.07. The summed E-state index contributed by atoms with van der Waals surface area (Å²) in [6.45, 7) is 4.52. The normalized spacial score (nSPS) is 25.1. The van der Waals surface area contributed by atoms with Crippen LogP contribution in [0.1, 0.15) is 13.3 Å². The van der Waals surface area contributed by atoms with Crippen LogP contribution in [0.2, 0.25) is 0 Å². The van der Waals surface area contributed by atoms with Crippen molar-refractivity contribution < 1.29 is 14.2 Å². The molecule has 1 fully saturated rings. The lowest BCUT2D eigenvalue weighted by Crippen LogP contribution is -2.32. The van der Waals surface area contributed by atoms with Gasteiger partial charge in [-0.15, -0.1) is 0 Å². The van der Waals surface area contributed by atoms with Gasteiger partial charge in [0, 0.05) is 19.6 Å². The summed E-state index contributed by atoms with van der Waals surface area (Å²) in [7, 11) is 0. The Morgan fingerprint density at radius 3 is 2.88 bits per heavy atom. The van der Waals surface area contributed by atoms with E-state index in [4.69, 9.17) is 4.74 Å². The molecule has 1 unspecified atom stereocenters. The van der Waals surface area contributed by atoms with Gasteiger partial charge in [0.25, 0.3) is 0 Å². The van der Waals surface area contributed by atoms with E-state index in [1.807, 2.05) is 6.92 Å². The van der Waals surface area contributed by atoms with Crippen molar-refractivity contribution in [3.8, 4) is 5.75 Å². The summed E-state index contributed by atoms with van der Waals surface area (Å²) in [5.74, 6) is -0.0422. The highest BCUT2D eigenvalue weighted by molar-refractivity contribution is 5.23. The highest BCUT2D eigenvalue weighted by Crippen LogP contribution is 2.20. The monoisotopic (exact) mass is 239 g/mol. The standard InChI is InChI=1S/C13H18FNO2/c1-13(16)6-7-15(10-13)8-9-17-12-5-3-2-4-11(12)14/h2-5,16H,6-10H2,1H3. The average molecular weight is 239 g/mol. The number of hydrogen-bond donors (Lipinski definition) is 1. The van der Waals surface area contributed by atoms with E-state index in [0.717, 1.165) is 13.0 Å². The van der Waals surface area contributed by atoms with Gasteiger partial charge in [0.2, 0.25) is 0 Å². The number of β-amino-alcohol motifs (C(OH)–C–C–N with tert-alkyl or cyclic N) is 1. The van der Waals surface area contributed by atoms with Crippen molar-refractivity contribution in [1.29, 1.82) is 0 Å². The summed E-state index contributed by atoms with van der Waals surface area (Å²) in [4.78, 5) is 2.13. The Bertz CT molecular complexity index is 381. The molecular weight excluding hydrogens is 221 g/mol. The Morgan fingerprint density at radius 2 is 2.24 bits per heavy atom. The summed E-state index contributed by atoms with van der Waals surface area (Å²) in [5.41, 5.74) is -0.585. The van der Waals surface area contributed by atoms with Crippen LogP contribution in [0.4, 0.5) is 4.39 Å². The molecule has 94 valence electrons. The number of halogens is 1. The molecular formula is C13H18FNO2. The molecule has 0 aliphatic carbocycles. The van der Waals surface area contributed by atoms with Crippen LogP contribution in [0.3, 0.4) is 0 Å². The topological polar surface area (TPSA) is 32.7 Å². The third kappa shape index (κ3) is 3.41. The zero-order chi connectivity index (χ0) is 12.3. The van der Waals surface area contributed by atoms with Crippen LogP contribution in [0, 0.1) is 5.82 Å². The van der Waals surface area contributed by atoms with Crippen LogP contribution >= 0.6 is 0 Å². The fourth-order valence-corrected chi connectivity index (χ4v) is 2.08. The average Bonchev–Trinajstić information content (AvgIpc) is 2.61. The molecule has 0 radical (unpaired) electrons. The molecule has 2 rings (SSSR count). The van der Waals surface area contributed by atoms with Crippen LogP contribution < -0.4 is 4.74 Å². The molecule has 1 aliphatic rings. The van der Waals surface area contributed by atoms with E-state index < -0.39 is 5.60 Å². The molecule has 1 aromatic rings. The maximum Gasteiger partial charge on any atom is 0.165 e. The second-order valence-corrected chi connectivity index (χ2v) is 4.80. The van der Waals surface area contributed by atoms with Crippen molar-refractivity contribution in [2.75, 3.05) is 26.2 Å². The molecule has 3 nitrogen and oxygen atoms in total. The minimum Gasteiger partial charge on any atom is -0.489 e. The van der Waals surface area contributed by atoms with Gasteiger partial charge in [0.15, 0.2) is 11.6 Å². The van der Waals surface area contributed by atoms with Gasteiger partial charge in [-0.1, -0.05) is 12.1 Å². The maximum atomic E-state index is 13.2. The van der Waals surface area contributed by atoms with Crippen molar-refractivity contribution in [3.63, 3.8) is 0 Å². The van der Waals surface area contributed by atoms with Crippen LogP contribution in [-0.2, 0) is 0 Å². The Balaban J connectivity index is 1.76. The molecule has 0 amide bonds. The third-order valence-corrected chi connectivity index (χ3v) is 3.03. The molecule has 4 heteroatoms. The number of nitrogens with zero attached hydrogens (tertiary/aromatic N) is 1. The highest BCUT2D eigenvalue weighted by Gasteiger charge is 2.30. The van der Waals surface area contributed by atoms with E-state index in [0.29, 0.717) is 25.4 Å². The predicted molar refractivity (Wildman–Crippen MR) is 63.6 cm³/mol. The summed E-state index contributed by atoms with van der Waals surface area (Å²) < 4.78 is 18.6. The summed E-state index contributed by atoms with van der Waals surface area (Å²) >= 11 is 0. The molecule has 1 aliphatic heterocycles. The summed E-state index contributed by atoms with van der Waals surface area (Å²) in [5, 5.41) is 9.78. The summed E-state index contributed by atoms with van der Waals surface area (Å²) in [6, 6.07) is 6.39. The maximum absolute atomic E-state index is 13.2. The quantitative estimate of drug-likeness (QED) is 0.867. The number of hydrogen-bond acceptors (Lipinski definition) is 3.